The summed E-state index contributed by atoms with van der Waals surface area (Å²) in [6.45, 7) is 8.92. The second kappa shape index (κ2) is 13.8. The van der Waals surface area contributed by atoms with Crippen LogP contribution >= 0.6 is 24.0 Å². The van der Waals surface area contributed by atoms with Gasteiger partial charge in [0.2, 0.25) is 0 Å². The number of amides is 1. The molecular weight excluding hydrogens is 551 g/mol. The summed E-state index contributed by atoms with van der Waals surface area (Å²) in [5.41, 5.74) is 3.16. The fourth-order valence-electron chi connectivity index (χ4n) is 5.45. The van der Waals surface area contributed by atoms with Crippen LogP contribution in [0.3, 0.4) is 0 Å². The second-order valence-corrected chi connectivity index (χ2v) is 12.6. The lowest BCUT2D eigenvalue weighted by molar-refractivity contribution is -0.122. The van der Waals surface area contributed by atoms with Crippen molar-refractivity contribution in [3.05, 3.63) is 80.6 Å². The Morgan fingerprint density at radius 1 is 0.951 bits per heavy atom. The Kier molecular flexibility index (Phi) is 9.90. The fraction of sp³-hybridized carbons (Fsp3) is 0.438. The van der Waals surface area contributed by atoms with Gasteiger partial charge in [-0.1, -0.05) is 99.4 Å². The molecule has 9 heteroatoms. The van der Waals surface area contributed by atoms with E-state index in [2.05, 4.69) is 41.0 Å². The quantitative estimate of drug-likeness (QED) is 0.157. The van der Waals surface area contributed by atoms with Crippen molar-refractivity contribution in [1.29, 1.82) is 0 Å². The largest absolute Gasteiger partial charge is 0.353 e. The molecule has 2 aliphatic rings. The van der Waals surface area contributed by atoms with E-state index >= 15 is 0 Å². The van der Waals surface area contributed by atoms with E-state index in [0.29, 0.717) is 32.8 Å². The van der Waals surface area contributed by atoms with E-state index in [-0.39, 0.29) is 11.5 Å². The Morgan fingerprint density at radius 2 is 1.68 bits per heavy atom. The third-order valence-corrected chi connectivity index (χ3v) is 9.17. The highest BCUT2D eigenvalue weighted by atomic mass is 32.2. The van der Waals surface area contributed by atoms with Crippen LogP contribution in [0.25, 0.3) is 11.7 Å². The zero-order chi connectivity index (χ0) is 28.8. The standard InChI is InChI=1S/C32H39N5O2S2/c1-3-4-5-6-7-11-16-36-31(39)27(41-32(36)40)21-26-29(33-28-15-14-24(2)22-37(28)30(26)38)35-19-17-34(18-20-35)23-25-12-9-8-10-13-25/h8-10,12-15,21-22H,3-7,11,16-20,23H2,1-2H3/b27-21+. The number of anilines is 1. The summed E-state index contributed by atoms with van der Waals surface area (Å²) < 4.78 is 2.16. The van der Waals surface area contributed by atoms with Crippen molar-refractivity contribution in [2.75, 3.05) is 37.6 Å². The molecular formula is C32H39N5O2S2. The van der Waals surface area contributed by atoms with Crippen molar-refractivity contribution in [3.8, 4) is 0 Å². The van der Waals surface area contributed by atoms with E-state index in [1.54, 1.807) is 15.4 Å². The van der Waals surface area contributed by atoms with Gasteiger partial charge in [-0.3, -0.25) is 23.8 Å². The predicted molar refractivity (Wildman–Crippen MR) is 173 cm³/mol. The molecule has 0 unspecified atom stereocenters. The summed E-state index contributed by atoms with van der Waals surface area (Å²) >= 11 is 6.88. The lowest BCUT2D eigenvalue weighted by Gasteiger charge is -2.36. The molecule has 7 nitrogen and oxygen atoms in total. The van der Waals surface area contributed by atoms with E-state index in [9.17, 15) is 9.59 Å². The average Bonchev–Trinajstić information content (AvgIpc) is 3.25. The summed E-state index contributed by atoms with van der Waals surface area (Å²) in [6, 6.07) is 14.3. The van der Waals surface area contributed by atoms with Crippen LogP contribution in [-0.2, 0) is 11.3 Å². The maximum atomic E-state index is 13.9. The number of rotatable bonds is 11. The van der Waals surface area contributed by atoms with E-state index < -0.39 is 0 Å². The summed E-state index contributed by atoms with van der Waals surface area (Å²) in [5, 5.41) is 0. The summed E-state index contributed by atoms with van der Waals surface area (Å²) in [7, 11) is 0. The van der Waals surface area contributed by atoms with Crippen molar-refractivity contribution in [1.82, 2.24) is 19.2 Å². The van der Waals surface area contributed by atoms with Crippen LogP contribution in [0.5, 0.6) is 0 Å². The molecule has 0 radical (unpaired) electrons. The normalized spacial score (nSPS) is 17.4. The smallest absolute Gasteiger partial charge is 0.267 e. The van der Waals surface area contributed by atoms with Crippen LogP contribution in [0.1, 0.15) is 62.1 Å². The Bertz CT molecular complexity index is 1480. The van der Waals surface area contributed by atoms with Gasteiger partial charge >= 0.3 is 0 Å². The molecule has 5 rings (SSSR count). The Balaban J connectivity index is 1.38. The number of piperazine rings is 1. The van der Waals surface area contributed by atoms with Gasteiger partial charge in [0.25, 0.3) is 11.5 Å². The minimum absolute atomic E-state index is 0.110. The van der Waals surface area contributed by atoms with Crippen LogP contribution in [0.15, 0.2) is 58.4 Å². The van der Waals surface area contributed by atoms with Gasteiger partial charge in [0.1, 0.15) is 15.8 Å². The number of aromatic nitrogens is 2. The zero-order valence-corrected chi connectivity index (χ0v) is 25.7. The lowest BCUT2D eigenvalue weighted by atomic mass is 10.1. The first-order chi connectivity index (χ1) is 19.9. The summed E-state index contributed by atoms with van der Waals surface area (Å²) in [5.74, 6) is 0.528. The second-order valence-electron chi connectivity index (χ2n) is 10.9. The number of hydrogen-bond acceptors (Lipinski definition) is 7. The van der Waals surface area contributed by atoms with E-state index in [4.69, 9.17) is 17.2 Å². The first kappa shape index (κ1) is 29.5. The molecule has 41 heavy (non-hydrogen) atoms. The van der Waals surface area contributed by atoms with Gasteiger partial charge in [-0.05, 0) is 36.6 Å². The highest BCUT2D eigenvalue weighted by molar-refractivity contribution is 8.26. The van der Waals surface area contributed by atoms with Crippen molar-refractivity contribution in [2.24, 2.45) is 0 Å². The maximum absolute atomic E-state index is 13.9. The first-order valence-electron chi connectivity index (χ1n) is 14.7. The average molecular weight is 590 g/mol. The number of benzene rings is 1. The van der Waals surface area contributed by atoms with Gasteiger partial charge < -0.3 is 4.90 Å². The molecule has 0 bridgehead atoms. The highest BCUT2D eigenvalue weighted by Crippen LogP contribution is 2.34. The van der Waals surface area contributed by atoms with Crippen LogP contribution in [0.4, 0.5) is 5.82 Å². The highest BCUT2D eigenvalue weighted by Gasteiger charge is 2.33. The van der Waals surface area contributed by atoms with Crippen molar-refractivity contribution >= 4 is 51.7 Å². The molecule has 4 heterocycles. The van der Waals surface area contributed by atoms with Crippen LogP contribution in [-0.4, -0.2) is 62.1 Å². The molecule has 0 aliphatic carbocycles. The van der Waals surface area contributed by atoms with E-state index in [1.807, 2.05) is 31.3 Å². The third kappa shape index (κ3) is 7.08. The van der Waals surface area contributed by atoms with Gasteiger partial charge in [-0.15, -0.1) is 0 Å². The fourth-order valence-corrected chi connectivity index (χ4v) is 6.74. The molecule has 1 aromatic carbocycles. The van der Waals surface area contributed by atoms with Gasteiger partial charge in [0.05, 0.1) is 10.5 Å². The van der Waals surface area contributed by atoms with Crippen molar-refractivity contribution < 1.29 is 4.79 Å². The van der Waals surface area contributed by atoms with Crippen LogP contribution in [0, 0.1) is 6.92 Å². The molecule has 0 N–H and O–H groups in total. The number of nitrogens with zero attached hydrogens (tertiary/aromatic N) is 5. The molecule has 2 aliphatic heterocycles. The molecule has 2 saturated heterocycles. The Labute approximate surface area is 252 Å². The maximum Gasteiger partial charge on any atom is 0.267 e. The molecule has 2 fully saturated rings. The van der Waals surface area contributed by atoms with E-state index in [1.165, 1.54) is 43.0 Å². The van der Waals surface area contributed by atoms with Crippen LogP contribution < -0.4 is 10.5 Å². The molecule has 216 valence electrons. The predicted octanol–water partition coefficient (Wildman–Crippen LogP) is 5.89. The monoisotopic (exact) mass is 589 g/mol. The number of pyridine rings is 1. The number of thiocarbonyl (C=S) groups is 1. The molecule has 1 amide bonds. The number of carbonyl (C=O) groups excluding carboxylic acids is 1. The molecule has 0 spiro atoms. The third-order valence-electron chi connectivity index (χ3n) is 7.79. The van der Waals surface area contributed by atoms with Crippen LogP contribution in [0.2, 0.25) is 0 Å². The molecule has 0 saturated carbocycles. The molecule has 2 aromatic heterocycles. The van der Waals surface area contributed by atoms with Crippen molar-refractivity contribution in [3.63, 3.8) is 0 Å². The number of hydrogen-bond donors (Lipinski definition) is 0. The van der Waals surface area contributed by atoms with Gasteiger partial charge in [0.15, 0.2) is 0 Å². The summed E-state index contributed by atoms with van der Waals surface area (Å²) in [6.07, 6.45) is 10.4. The number of aryl methyl sites for hydroxylation is 1. The van der Waals surface area contributed by atoms with E-state index in [0.717, 1.165) is 51.1 Å². The molecule has 3 aromatic rings. The number of thioether (sulfide) groups is 1. The minimum Gasteiger partial charge on any atom is -0.353 e. The minimum atomic E-state index is -0.165. The number of fused-ring (bicyclic) bond motifs is 1. The number of carbonyl (C=O) groups is 1. The Morgan fingerprint density at radius 3 is 2.44 bits per heavy atom. The van der Waals surface area contributed by atoms with Gasteiger partial charge in [-0.25, -0.2) is 4.98 Å². The Hall–Kier alpha value is -3.01. The van der Waals surface area contributed by atoms with Gasteiger partial charge in [0, 0.05) is 45.5 Å². The number of unbranched alkanes of at least 4 members (excludes halogenated alkanes) is 5. The van der Waals surface area contributed by atoms with Gasteiger partial charge in [-0.2, -0.15) is 0 Å². The zero-order valence-electron chi connectivity index (χ0n) is 24.1. The topological polar surface area (TPSA) is 61.2 Å². The molecule has 0 atom stereocenters. The summed E-state index contributed by atoms with van der Waals surface area (Å²) in [4.78, 5) is 39.1. The van der Waals surface area contributed by atoms with Crippen molar-refractivity contribution in [2.45, 2.75) is 58.9 Å². The first-order valence-corrected chi connectivity index (χ1v) is 16.0. The lowest BCUT2D eigenvalue weighted by Crippen LogP contribution is -2.47. The SMILES string of the molecule is CCCCCCCCN1C(=O)/C(=C\c2c(N3CCN(Cc4ccccc4)CC3)nc3ccc(C)cn3c2=O)SC1=S.